The molecule has 2 bridgehead atoms. The molecule has 0 amide bonds. The van der Waals surface area contributed by atoms with Gasteiger partial charge in [-0.05, 0) is 75.0 Å². The van der Waals surface area contributed by atoms with Crippen molar-refractivity contribution in [1.82, 2.24) is 0 Å². The van der Waals surface area contributed by atoms with E-state index >= 15 is 0 Å². The molecule has 3 saturated carbocycles. The van der Waals surface area contributed by atoms with Crippen LogP contribution in [0.5, 0.6) is 0 Å². The molecule has 1 spiro atoms. The summed E-state index contributed by atoms with van der Waals surface area (Å²) in [6.45, 7) is 14.8. The lowest BCUT2D eigenvalue weighted by Crippen LogP contribution is -2.66. The normalized spacial score (nSPS) is 52.1. The van der Waals surface area contributed by atoms with Gasteiger partial charge < -0.3 is 88.2 Å². The highest BCUT2D eigenvalue weighted by Crippen LogP contribution is 2.76. The molecule has 8 fully saturated rings. The fourth-order valence-electron chi connectivity index (χ4n) is 14.9. The van der Waals surface area contributed by atoms with E-state index in [0.29, 0.717) is 19.3 Å². The Balaban J connectivity index is 0.904. The van der Waals surface area contributed by atoms with Crippen LogP contribution in [0.15, 0.2) is 23.8 Å². The van der Waals surface area contributed by atoms with Crippen molar-refractivity contribution in [1.29, 1.82) is 0 Å². The van der Waals surface area contributed by atoms with E-state index in [9.17, 15) is 58.6 Å². The molecule has 5 saturated heterocycles. The number of aliphatic hydroxyl groups is 8. The Labute approximate surface area is 418 Å². The highest BCUT2D eigenvalue weighted by Gasteiger charge is 2.76. The Morgan fingerprint density at radius 1 is 0.792 bits per heavy atom. The van der Waals surface area contributed by atoms with E-state index in [2.05, 4.69) is 40.3 Å². The van der Waals surface area contributed by atoms with Crippen molar-refractivity contribution in [3.63, 3.8) is 0 Å². The molecule has 24 heteroatoms. The van der Waals surface area contributed by atoms with Gasteiger partial charge in [0.15, 0.2) is 25.2 Å². The first-order valence-electron chi connectivity index (χ1n) is 25.0. The van der Waals surface area contributed by atoms with Crippen molar-refractivity contribution >= 4 is 16.4 Å². The maximum absolute atomic E-state index is 13.7. The molecule has 26 atom stereocenters. The van der Waals surface area contributed by atoms with Crippen LogP contribution in [0.3, 0.4) is 0 Å². The minimum Gasteiger partial charge on any atom is -0.461 e. The van der Waals surface area contributed by atoms with Crippen molar-refractivity contribution in [3.05, 3.63) is 23.8 Å². The third-order valence-corrected chi connectivity index (χ3v) is 18.9. The molecule has 9 N–H and O–H groups in total. The van der Waals surface area contributed by atoms with Crippen molar-refractivity contribution < 1.29 is 110 Å². The summed E-state index contributed by atoms with van der Waals surface area (Å²) in [7, 11) is -3.88. The minimum atomic E-state index is -5.13. The number of ether oxygens (including phenoxy) is 10. The average Bonchev–Trinajstić information content (AvgIpc) is 3.74. The fourth-order valence-corrected chi connectivity index (χ4v) is 15.4. The number of aliphatic hydroxyl groups excluding tert-OH is 8. The zero-order valence-electron chi connectivity index (χ0n) is 41.6. The summed E-state index contributed by atoms with van der Waals surface area (Å²) in [6.07, 6.45) is -23.1. The highest BCUT2D eigenvalue weighted by molar-refractivity contribution is 7.80. The van der Waals surface area contributed by atoms with Gasteiger partial charge in [0.05, 0.1) is 37.4 Å². The maximum Gasteiger partial charge on any atom is 0.397 e. The molecule has 410 valence electrons. The Kier molecular flexibility index (Phi) is 15.1. The van der Waals surface area contributed by atoms with E-state index in [0.717, 1.165) is 24.8 Å². The minimum absolute atomic E-state index is 0.0360. The fraction of sp³-hybridized carbons (Fsp3) is 0.896. The molecule has 9 rings (SSSR count). The second kappa shape index (κ2) is 19.9. The molecule has 5 aliphatic heterocycles. The van der Waals surface area contributed by atoms with Gasteiger partial charge >= 0.3 is 16.4 Å². The summed E-state index contributed by atoms with van der Waals surface area (Å²) in [5, 5.41) is 88.3. The second-order valence-corrected chi connectivity index (χ2v) is 23.8. The van der Waals surface area contributed by atoms with Crippen LogP contribution >= 0.6 is 0 Å². The summed E-state index contributed by atoms with van der Waals surface area (Å²) >= 11 is 0. The molecular weight excluding hydrogens is 977 g/mol. The number of carbonyl (C=O) groups excluding carboxylic acids is 1. The van der Waals surface area contributed by atoms with E-state index in [1.165, 1.54) is 19.6 Å². The first-order valence-corrected chi connectivity index (χ1v) is 26.4. The van der Waals surface area contributed by atoms with Gasteiger partial charge in [0, 0.05) is 18.4 Å². The van der Waals surface area contributed by atoms with Crippen LogP contribution in [-0.2, 0) is 66.7 Å². The lowest BCUT2D eigenvalue weighted by atomic mass is 9.40. The maximum atomic E-state index is 13.7. The van der Waals surface area contributed by atoms with Gasteiger partial charge in [-0.15, -0.1) is 0 Å². The number of hydrogen-bond acceptors (Lipinski definition) is 22. The molecule has 23 nitrogen and oxygen atoms in total. The zero-order valence-corrected chi connectivity index (χ0v) is 42.4. The van der Waals surface area contributed by atoms with Gasteiger partial charge in [-0.2, -0.15) is 8.42 Å². The molecule has 0 aromatic carbocycles. The van der Waals surface area contributed by atoms with Gasteiger partial charge in [0.2, 0.25) is 0 Å². The molecule has 0 aromatic heterocycles. The van der Waals surface area contributed by atoms with Crippen molar-refractivity contribution in [2.24, 2.45) is 39.4 Å². The van der Waals surface area contributed by atoms with Crippen LogP contribution in [0.25, 0.3) is 0 Å². The number of rotatable bonds is 13. The number of methoxy groups -OCH3 is 1. The lowest BCUT2D eigenvalue weighted by molar-refractivity contribution is -0.386. The lowest BCUT2D eigenvalue weighted by Gasteiger charge is -2.64. The van der Waals surface area contributed by atoms with Crippen LogP contribution in [0.2, 0.25) is 0 Å². The monoisotopic (exact) mass is 1050 g/mol. The highest BCUT2D eigenvalue weighted by atomic mass is 32.3. The van der Waals surface area contributed by atoms with E-state index in [4.69, 9.17) is 51.6 Å². The second-order valence-electron chi connectivity index (χ2n) is 22.7. The smallest absolute Gasteiger partial charge is 0.397 e. The Morgan fingerprint density at radius 2 is 1.44 bits per heavy atom. The zero-order chi connectivity index (χ0) is 52.4. The van der Waals surface area contributed by atoms with E-state index in [1.807, 2.05) is 6.92 Å². The van der Waals surface area contributed by atoms with E-state index in [1.54, 1.807) is 0 Å². The van der Waals surface area contributed by atoms with Crippen LogP contribution < -0.4 is 0 Å². The van der Waals surface area contributed by atoms with Gasteiger partial charge in [0.25, 0.3) is 0 Å². The van der Waals surface area contributed by atoms with Gasteiger partial charge in [0.1, 0.15) is 85.5 Å². The summed E-state index contributed by atoms with van der Waals surface area (Å²) in [5.41, 5.74) is 0.529. The number of fused-ring (bicyclic) bond motifs is 5. The first-order chi connectivity index (χ1) is 33.7. The third-order valence-electron chi connectivity index (χ3n) is 18.5. The molecule has 0 aromatic rings. The van der Waals surface area contributed by atoms with Crippen molar-refractivity contribution in [2.75, 3.05) is 26.9 Å². The summed E-state index contributed by atoms with van der Waals surface area (Å²) in [4.78, 5) is 13.7. The molecule has 72 heavy (non-hydrogen) atoms. The molecule has 0 radical (unpaired) electrons. The molecule has 5 heterocycles. The van der Waals surface area contributed by atoms with E-state index < -0.39 is 151 Å². The predicted molar refractivity (Wildman–Crippen MR) is 242 cm³/mol. The van der Waals surface area contributed by atoms with Crippen molar-refractivity contribution in [3.8, 4) is 0 Å². The topological polar surface area (TPSA) is 335 Å². The quantitative estimate of drug-likeness (QED) is 0.0615. The standard InChI is InChI=1S/C48H74O23S/c1-19(2)29-24-15-47(7)22-9-10-27-45(4,5)28(12-13-46(27,6)21(22)11-14-48(29,47)44(57)66-24)67-43-39(31(52)26(18-63-43)71-72(58,59)60)70-41-33(54)32(53)36(20(3)64-41)68-42-35(56)38(30(51)25(16-49)65-42)69-40-34(55)37(61-8)23(50)17-62-40/h9,20-21,23-43,49-56H,1,10-18H2,2-8H3,(H,58,59,60)/t20-,21-,23-,24+,25-,26-,27+,28+,29+,30-,31+,32-,33-,34-,35-,36-,37+,38+,39-,40+,41+,42+,43+,46-,47-,48-/m0/s1. The summed E-state index contributed by atoms with van der Waals surface area (Å²) in [6, 6.07) is 0. The Morgan fingerprint density at radius 3 is 2.11 bits per heavy atom. The first kappa shape index (κ1) is 54.9. The van der Waals surface area contributed by atoms with Crippen LogP contribution in [0, 0.1) is 39.4 Å². The summed E-state index contributed by atoms with van der Waals surface area (Å²) in [5.74, 6) is 0.106. The van der Waals surface area contributed by atoms with Crippen LogP contribution in [0.1, 0.15) is 80.1 Å². The van der Waals surface area contributed by atoms with Crippen molar-refractivity contribution in [2.45, 2.75) is 203 Å². The van der Waals surface area contributed by atoms with Crippen LogP contribution in [-0.4, -0.2) is 210 Å². The largest absolute Gasteiger partial charge is 0.461 e. The molecule has 4 aliphatic carbocycles. The third kappa shape index (κ3) is 8.87. The number of esters is 1. The summed E-state index contributed by atoms with van der Waals surface area (Å²) < 4.78 is 97.1. The number of allylic oxidation sites excluding steroid dienone is 2. The predicted octanol–water partition coefficient (Wildman–Crippen LogP) is -0.872. The SMILES string of the molecule is C=C(C)[C@@H]1[C@H]2C[C@@]3(C)C4=CC[C@@H]5C(C)(C)[C@H](O[C@H]6OC[C@H](OS(=O)(=O)O)[C@@H](O)[C@@H]6O[C@H]6O[C@@H](C)[C@H](O[C@H]7O[C@@H](CO)[C@H](O)[C@@H](O[C@H]8OC[C@H](O)[C@@H](OC)[C@@H]8O)[C@@H]7O)[C@@H](O)[C@@H]6O)CC[C@@]5(C)[C@H]4CC[C@@]13C(=O)O2. The molecule has 0 unspecified atom stereocenters. The van der Waals surface area contributed by atoms with Crippen LogP contribution in [0.4, 0.5) is 0 Å². The number of hydrogen-bond donors (Lipinski definition) is 9. The Hall–Kier alpha value is -1.86. The molecule has 9 aliphatic rings. The molecular formula is C48H74O23S. The van der Waals surface area contributed by atoms with Gasteiger partial charge in [-0.3, -0.25) is 9.35 Å². The average molecular weight is 1050 g/mol. The Bertz CT molecular complexity index is 2160. The van der Waals surface area contributed by atoms with Gasteiger partial charge in [-0.25, -0.2) is 4.18 Å². The number of carbonyl (C=O) groups is 1. The van der Waals surface area contributed by atoms with Gasteiger partial charge in [-0.1, -0.05) is 51.5 Å². The van der Waals surface area contributed by atoms with E-state index in [-0.39, 0.29) is 47.3 Å².